The summed E-state index contributed by atoms with van der Waals surface area (Å²) in [4.78, 5) is 9.56. The van der Waals surface area contributed by atoms with Crippen molar-refractivity contribution in [3.05, 3.63) is 36.5 Å². The van der Waals surface area contributed by atoms with Gasteiger partial charge in [0.2, 0.25) is 0 Å². The lowest BCUT2D eigenvalue weighted by molar-refractivity contribution is 0.249. The molecule has 3 heteroatoms. The highest BCUT2D eigenvalue weighted by molar-refractivity contribution is 5.82. The quantitative estimate of drug-likeness (QED) is 0.865. The highest BCUT2D eigenvalue weighted by Crippen LogP contribution is 2.27. The zero-order valence-electron chi connectivity index (χ0n) is 13.2. The maximum Gasteiger partial charge on any atom is 0.0703 e. The van der Waals surface area contributed by atoms with Gasteiger partial charge in [0.15, 0.2) is 0 Å². The Kier molecular flexibility index (Phi) is 3.98. The van der Waals surface area contributed by atoms with Crippen LogP contribution in [0.4, 0.5) is 5.69 Å². The first kappa shape index (κ1) is 14.0. The molecule has 3 nitrogen and oxygen atoms in total. The minimum atomic E-state index is 0.893. The second kappa shape index (κ2) is 6.25. The van der Waals surface area contributed by atoms with Gasteiger partial charge >= 0.3 is 0 Å². The topological polar surface area (TPSA) is 19.4 Å². The molecular formula is C19H24N3. The molecule has 0 unspecified atom stereocenters. The van der Waals surface area contributed by atoms with Gasteiger partial charge in [-0.25, -0.2) is 0 Å². The molecule has 1 aromatic carbocycles. The molecule has 2 aromatic rings. The molecule has 0 N–H and O–H groups in total. The van der Waals surface area contributed by atoms with Crippen molar-refractivity contribution in [3.8, 4) is 0 Å². The maximum atomic E-state index is 4.36. The molecule has 0 bridgehead atoms. The Morgan fingerprint density at radius 3 is 2.73 bits per heavy atom. The van der Waals surface area contributed by atoms with E-state index >= 15 is 0 Å². The van der Waals surface area contributed by atoms with Crippen molar-refractivity contribution in [2.75, 3.05) is 37.6 Å². The van der Waals surface area contributed by atoms with Gasteiger partial charge in [-0.2, -0.15) is 0 Å². The van der Waals surface area contributed by atoms with Crippen LogP contribution in [-0.4, -0.2) is 42.6 Å². The van der Waals surface area contributed by atoms with E-state index in [2.05, 4.69) is 39.0 Å². The minimum absolute atomic E-state index is 0.893. The van der Waals surface area contributed by atoms with Crippen LogP contribution in [0.3, 0.4) is 0 Å². The number of hydrogen-bond acceptors (Lipinski definition) is 3. The fraction of sp³-hybridized carbons (Fsp3) is 0.526. The number of piperidine rings is 1. The molecule has 0 spiro atoms. The summed E-state index contributed by atoms with van der Waals surface area (Å²) in [5.41, 5.74) is 2.40. The smallest absolute Gasteiger partial charge is 0.0703 e. The molecule has 22 heavy (non-hydrogen) atoms. The Labute approximate surface area is 132 Å². The van der Waals surface area contributed by atoms with Gasteiger partial charge in [0, 0.05) is 43.0 Å². The van der Waals surface area contributed by atoms with Crippen LogP contribution in [0.15, 0.2) is 30.5 Å². The molecule has 1 aromatic heterocycles. The minimum Gasteiger partial charge on any atom is -0.371 e. The third-order valence-corrected chi connectivity index (χ3v) is 5.22. The van der Waals surface area contributed by atoms with Crippen LogP contribution in [0.1, 0.15) is 25.7 Å². The van der Waals surface area contributed by atoms with E-state index < -0.39 is 0 Å². The molecule has 0 aliphatic carbocycles. The van der Waals surface area contributed by atoms with E-state index in [9.17, 15) is 0 Å². The Morgan fingerprint density at radius 2 is 1.91 bits per heavy atom. The number of rotatable bonds is 3. The van der Waals surface area contributed by atoms with Crippen molar-refractivity contribution in [1.82, 2.24) is 9.88 Å². The van der Waals surface area contributed by atoms with E-state index in [4.69, 9.17) is 0 Å². The Bertz CT molecular complexity index is 625. The molecule has 1 radical (unpaired) electrons. The van der Waals surface area contributed by atoms with Crippen molar-refractivity contribution in [2.24, 2.45) is 5.92 Å². The third-order valence-electron chi connectivity index (χ3n) is 5.22. The average molecular weight is 294 g/mol. The first-order valence-electron chi connectivity index (χ1n) is 8.62. The molecule has 2 fully saturated rings. The molecule has 0 saturated carbocycles. The maximum absolute atomic E-state index is 4.36. The van der Waals surface area contributed by atoms with E-state index in [1.54, 1.807) is 6.20 Å². The predicted octanol–water partition coefficient (Wildman–Crippen LogP) is 3.35. The number of anilines is 1. The number of pyridine rings is 1. The van der Waals surface area contributed by atoms with Crippen LogP contribution >= 0.6 is 0 Å². The Balaban J connectivity index is 1.39. The zero-order chi connectivity index (χ0) is 14.8. The summed E-state index contributed by atoms with van der Waals surface area (Å²) >= 11 is 0. The van der Waals surface area contributed by atoms with Crippen LogP contribution in [0.5, 0.6) is 0 Å². The van der Waals surface area contributed by atoms with Gasteiger partial charge in [-0.3, -0.25) is 4.98 Å². The second-order valence-electron chi connectivity index (χ2n) is 6.75. The summed E-state index contributed by atoms with van der Waals surface area (Å²) in [7, 11) is 0. The molecule has 0 amide bonds. The standard InChI is InChI=1S/C19H24N3/c1-2-11-21(10-1)15-16-7-12-22(13-8-16)18-5-6-19-17(14-18)4-3-9-20-19/h4-6,9,14,16H,1-2,7-8,10-13,15H2. The summed E-state index contributed by atoms with van der Waals surface area (Å²) in [6.07, 6.45) is 7.20. The van der Waals surface area contributed by atoms with Crippen molar-refractivity contribution >= 4 is 16.6 Å². The van der Waals surface area contributed by atoms with Gasteiger partial charge in [-0.15, -0.1) is 0 Å². The van der Waals surface area contributed by atoms with E-state index in [0.29, 0.717) is 0 Å². The van der Waals surface area contributed by atoms with Gasteiger partial charge in [0.05, 0.1) is 5.52 Å². The fourth-order valence-electron chi connectivity index (χ4n) is 3.91. The molecule has 3 heterocycles. The highest BCUT2D eigenvalue weighted by atomic mass is 15.2. The van der Waals surface area contributed by atoms with E-state index in [-0.39, 0.29) is 0 Å². The number of likely N-dealkylation sites (tertiary alicyclic amines) is 1. The largest absolute Gasteiger partial charge is 0.371 e. The molecule has 115 valence electrons. The number of fused-ring (bicyclic) bond motifs is 1. The molecule has 0 atom stereocenters. The van der Waals surface area contributed by atoms with Gasteiger partial charge < -0.3 is 9.80 Å². The normalized spacial score (nSPS) is 20.8. The highest BCUT2D eigenvalue weighted by Gasteiger charge is 2.23. The van der Waals surface area contributed by atoms with Crippen molar-refractivity contribution in [2.45, 2.75) is 25.7 Å². The third kappa shape index (κ3) is 2.95. The number of hydrogen-bond donors (Lipinski definition) is 0. The molecule has 2 aliphatic heterocycles. The summed E-state index contributed by atoms with van der Waals surface area (Å²) in [6, 6.07) is 11.7. The first-order valence-corrected chi connectivity index (χ1v) is 8.62. The van der Waals surface area contributed by atoms with Gasteiger partial charge in [-0.1, -0.05) is 0 Å². The van der Waals surface area contributed by atoms with Crippen LogP contribution in [-0.2, 0) is 0 Å². The van der Waals surface area contributed by atoms with Crippen molar-refractivity contribution in [1.29, 1.82) is 0 Å². The monoisotopic (exact) mass is 294 g/mol. The molecule has 4 rings (SSSR count). The summed E-state index contributed by atoms with van der Waals surface area (Å²) < 4.78 is 0. The van der Waals surface area contributed by atoms with Gasteiger partial charge in [-0.05, 0) is 69.0 Å². The van der Waals surface area contributed by atoms with Crippen LogP contribution in [0.2, 0.25) is 0 Å². The SMILES string of the molecule is [c]1cnc2ccc(N3CCC(CN4CCCC4)CC3)cc2c1. The fourth-order valence-corrected chi connectivity index (χ4v) is 3.91. The Hall–Kier alpha value is -1.61. The number of aromatic nitrogens is 1. The average Bonchev–Trinajstić information content (AvgIpc) is 3.08. The van der Waals surface area contributed by atoms with Gasteiger partial charge in [0.25, 0.3) is 0 Å². The van der Waals surface area contributed by atoms with Gasteiger partial charge in [0.1, 0.15) is 0 Å². The van der Waals surface area contributed by atoms with Crippen LogP contribution in [0, 0.1) is 12.0 Å². The molecular weight excluding hydrogens is 270 g/mol. The second-order valence-corrected chi connectivity index (χ2v) is 6.75. The van der Waals surface area contributed by atoms with E-state index in [1.165, 1.54) is 69.5 Å². The lowest BCUT2D eigenvalue weighted by Gasteiger charge is -2.35. The summed E-state index contributed by atoms with van der Waals surface area (Å²) in [5, 5.41) is 1.19. The first-order chi connectivity index (χ1) is 10.9. The molecule has 2 saturated heterocycles. The predicted molar refractivity (Wildman–Crippen MR) is 91.2 cm³/mol. The number of nitrogens with zero attached hydrogens (tertiary/aromatic N) is 3. The zero-order valence-corrected chi connectivity index (χ0v) is 13.2. The van der Waals surface area contributed by atoms with Crippen LogP contribution in [0.25, 0.3) is 10.9 Å². The Morgan fingerprint density at radius 1 is 1.09 bits per heavy atom. The summed E-state index contributed by atoms with van der Waals surface area (Å²) in [5.74, 6) is 0.893. The van der Waals surface area contributed by atoms with Crippen LogP contribution < -0.4 is 4.90 Å². The summed E-state index contributed by atoms with van der Waals surface area (Å²) in [6.45, 7) is 6.36. The molecule has 2 aliphatic rings. The van der Waals surface area contributed by atoms with Crippen molar-refractivity contribution in [3.63, 3.8) is 0 Å². The number of benzene rings is 1. The van der Waals surface area contributed by atoms with Crippen molar-refractivity contribution < 1.29 is 0 Å². The van der Waals surface area contributed by atoms with E-state index in [1.807, 2.05) is 6.07 Å². The van der Waals surface area contributed by atoms with E-state index in [0.717, 1.165) is 11.4 Å². The lowest BCUT2D eigenvalue weighted by atomic mass is 9.95. The lowest BCUT2D eigenvalue weighted by Crippen LogP contribution is -2.38.